The van der Waals surface area contributed by atoms with Gasteiger partial charge in [-0.2, -0.15) is 5.26 Å². The number of hydrogen-bond acceptors (Lipinski definition) is 5. The standard InChI is InChI=1S/C20H19ClN4O2S/c1-25(2)20(27)13-7-6-12(8-16(13)21)23-18(26)14-9-17(11-4-5-11)24-19(28-3)15(14)10-22/h6-9,11H,4-5H2,1-3H3,(H,23,26). The zero-order chi connectivity index (χ0) is 20.4. The number of nitrogens with one attached hydrogen (secondary N) is 1. The summed E-state index contributed by atoms with van der Waals surface area (Å²) in [5.74, 6) is -0.266. The highest BCUT2D eigenvalue weighted by Gasteiger charge is 2.28. The lowest BCUT2D eigenvalue weighted by Gasteiger charge is -2.14. The molecule has 1 aromatic carbocycles. The SMILES string of the molecule is CSc1nc(C2CC2)cc(C(=O)Nc2ccc(C(=O)N(C)C)c(Cl)c2)c1C#N. The monoisotopic (exact) mass is 414 g/mol. The van der Waals surface area contributed by atoms with Crippen LogP contribution in [0.15, 0.2) is 29.3 Å². The van der Waals surface area contributed by atoms with Gasteiger partial charge in [0.1, 0.15) is 11.1 Å². The van der Waals surface area contributed by atoms with E-state index in [4.69, 9.17) is 11.6 Å². The second-order valence-corrected chi connectivity index (χ2v) is 7.92. The minimum Gasteiger partial charge on any atom is -0.345 e. The summed E-state index contributed by atoms with van der Waals surface area (Å²) in [4.78, 5) is 30.9. The number of amides is 2. The lowest BCUT2D eigenvalue weighted by Crippen LogP contribution is -2.22. The van der Waals surface area contributed by atoms with Crippen LogP contribution in [0.5, 0.6) is 0 Å². The summed E-state index contributed by atoms with van der Waals surface area (Å²) in [5.41, 5.74) is 2.21. The molecule has 0 atom stereocenters. The largest absolute Gasteiger partial charge is 0.345 e. The Bertz CT molecular complexity index is 996. The van der Waals surface area contributed by atoms with Crippen molar-refractivity contribution in [2.45, 2.75) is 23.8 Å². The molecule has 0 bridgehead atoms. The van der Waals surface area contributed by atoms with E-state index < -0.39 is 5.91 Å². The van der Waals surface area contributed by atoms with Crippen molar-refractivity contribution >= 4 is 40.9 Å². The number of rotatable bonds is 5. The van der Waals surface area contributed by atoms with Gasteiger partial charge in [0.05, 0.1) is 21.7 Å². The van der Waals surface area contributed by atoms with Crippen molar-refractivity contribution in [2.75, 3.05) is 25.7 Å². The van der Waals surface area contributed by atoms with Crippen molar-refractivity contribution in [3.05, 3.63) is 51.7 Å². The summed E-state index contributed by atoms with van der Waals surface area (Å²) in [5, 5.41) is 13.1. The van der Waals surface area contributed by atoms with Crippen LogP contribution in [0.2, 0.25) is 5.02 Å². The first-order valence-corrected chi connectivity index (χ1v) is 10.3. The van der Waals surface area contributed by atoms with Crippen molar-refractivity contribution in [3.63, 3.8) is 0 Å². The van der Waals surface area contributed by atoms with E-state index in [-0.39, 0.29) is 16.5 Å². The number of anilines is 1. The third kappa shape index (κ3) is 4.13. The van der Waals surface area contributed by atoms with Gasteiger partial charge in [0, 0.05) is 31.4 Å². The van der Waals surface area contributed by atoms with Crippen molar-refractivity contribution in [1.29, 1.82) is 5.26 Å². The normalized spacial score (nSPS) is 13.0. The summed E-state index contributed by atoms with van der Waals surface area (Å²) in [6.45, 7) is 0. The number of nitrogens with zero attached hydrogens (tertiary/aromatic N) is 3. The lowest BCUT2D eigenvalue weighted by atomic mass is 10.1. The second-order valence-electron chi connectivity index (χ2n) is 6.71. The van der Waals surface area contributed by atoms with Gasteiger partial charge in [0.2, 0.25) is 0 Å². The molecule has 0 spiro atoms. The maximum Gasteiger partial charge on any atom is 0.257 e. The molecule has 0 aliphatic heterocycles. The summed E-state index contributed by atoms with van der Waals surface area (Å²) in [7, 11) is 3.28. The first kappa shape index (κ1) is 20.2. The van der Waals surface area contributed by atoms with Crippen molar-refractivity contribution in [2.24, 2.45) is 0 Å². The Labute approximate surface area is 172 Å². The average molecular weight is 415 g/mol. The Hall–Kier alpha value is -2.56. The number of carbonyl (C=O) groups is 2. The number of aromatic nitrogens is 1. The number of nitriles is 1. The van der Waals surface area contributed by atoms with Crippen LogP contribution < -0.4 is 5.32 Å². The molecule has 0 radical (unpaired) electrons. The third-order valence-corrected chi connectivity index (χ3v) is 5.41. The van der Waals surface area contributed by atoms with Gasteiger partial charge in [0.15, 0.2) is 0 Å². The maximum atomic E-state index is 12.9. The fraction of sp³-hybridized carbons (Fsp3) is 0.300. The molecule has 1 aliphatic carbocycles. The van der Waals surface area contributed by atoms with Crippen LogP contribution in [0.1, 0.15) is 50.7 Å². The molecule has 2 amide bonds. The molecule has 6 nitrogen and oxygen atoms in total. The number of hydrogen-bond donors (Lipinski definition) is 1. The molecular weight excluding hydrogens is 396 g/mol. The molecule has 1 heterocycles. The van der Waals surface area contributed by atoms with Crippen LogP contribution in [-0.2, 0) is 0 Å². The zero-order valence-corrected chi connectivity index (χ0v) is 17.3. The van der Waals surface area contributed by atoms with Crippen molar-refractivity contribution in [1.82, 2.24) is 9.88 Å². The molecule has 1 N–H and O–H groups in total. The van der Waals surface area contributed by atoms with Crippen LogP contribution >= 0.6 is 23.4 Å². The summed E-state index contributed by atoms with van der Waals surface area (Å²) in [6.07, 6.45) is 3.93. The Morgan fingerprint density at radius 1 is 1.29 bits per heavy atom. The molecule has 8 heteroatoms. The molecule has 1 aliphatic rings. The molecule has 2 aromatic rings. The number of pyridine rings is 1. The molecule has 144 valence electrons. The fourth-order valence-electron chi connectivity index (χ4n) is 2.77. The van der Waals surface area contributed by atoms with E-state index in [9.17, 15) is 14.9 Å². The predicted molar refractivity (Wildman–Crippen MR) is 110 cm³/mol. The van der Waals surface area contributed by atoms with E-state index in [0.717, 1.165) is 18.5 Å². The Balaban J connectivity index is 1.91. The maximum absolute atomic E-state index is 12.9. The third-order valence-electron chi connectivity index (χ3n) is 4.42. The number of halogens is 1. The Morgan fingerprint density at radius 3 is 2.54 bits per heavy atom. The highest BCUT2D eigenvalue weighted by molar-refractivity contribution is 7.98. The molecule has 0 saturated heterocycles. The molecule has 1 fully saturated rings. The zero-order valence-electron chi connectivity index (χ0n) is 15.7. The van der Waals surface area contributed by atoms with Gasteiger partial charge >= 0.3 is 0 Å². The molecule has 28 heavy (non-hydrogen) atoms. The molecule has 1 saturated carbocycles. The van der Waals surface area contributed by atoms with E-state index in [1.165, 1.54) is 22.7 Å². The van der Waals surface area contributed by atoms with Gasteiger partial charge in [-0.3, -0.25) is 9.59 Å². The van der Waals surface area contributed by atoms with Crippen molar-refractivity contribution in [3.8, 4) is 6.07 Å². The molecular formula is C20H19ClN4O2S. The highest BCUT2D eigenvalue weighted by Crippen LogP contribution is 2.40. The van der Waals surface area contributed by atoms with Crippen LogP contribution in [-0.4, -0.2) is 42.0 Å². The second kappa shape index (κ2) is 8.21. The summed E-state index contributed by atoms with van der Waals surface area (Å²) >= 11 is 7.57. The molecule has 1 aromatic heterocycles. The smallest absolute Gasteiger partial charge is 0.257 e. The molecule has 0 unspecified atom stereocenters. The molecule has 3 rings (SSSR count). The van der Waals surface area contributed by atoms with E-state index in [0.29, 0.717) is 27.8 Å². The van der Waals surface area contributed by atoms with Crippen LogP contribution in [0, 0.1) is 11.3 Å². The minimum atomic E-state index is -0.404. The van der Waals surface area contributed by atoms with Gasteiger partial charge in [-0.15, -0.1) is 11.8 Å². The van der Waals surface area contributed by atoms with Gasteiger partial charge < -0.3 is 10.2 Å². The quantitative estimate of drug-likeness (QED) is 0.742. The van der Waals surface area contributed by atoms with Crippen LogP contribution in [0.4, 0.5) is 5.69 Å². The van der Waals surface area contributed by atoms with E-state index >= 15 is 0 Å². The topological polar surface area (TPSA) is 86.1 Å². The predicted octanol–water partition coefficient (Wildman–Crippen LogP) is 4.16. The summed E-state index contributed by atoms with van der Waals surface area (Å²) in [6, 6.07) is 8.52. The van der Waals surface area contributed by atoms with Gasteiger partial charge in [0.25, 0.3) is 11.8 Å². The average Bonchev–Trinajstić information content (AvgIpc) is 3.51. The number of thioether (sulfide) groups is 1. The number of carbonyl (C=O) groups excluding carboxylic acids is 2. The van der Waals surface area contributed by atoms with Crippen LogP contribution in [0.25, 0.3) is 0 Å². The van der Waals surface area contributed by atoms with E-state index in [1.54, 1.807) is 32.3 Å². The highest BCUT2D eigenvalue weighted by atomic mass is 35.5. The number of benzene rings is 1. The first-order chi connectivity index (χ1) is 13.3. The van der Waals surface area contributed by atoms with Gasteiger partial charge in [-0.25, -0.2) is 4.98 Å². The van der Waals surface area contributed by atoms with Crippen molar-refractivity contribution < 1.29 is 9.59 Å². The van der Waals surface area contributed by atoms with E-state index in [2.05, 4.69) is 16.4 Å². The van der Waals surface area contributed by atoms with Crippen LogP contribution in [0.3, 0.4) is 0 Å². The van der Waals surface area contributed by atoms with E-state index in [1.807, 2.05) is 6.26 Å². The lowest BCUT2D eigenvalue weighted by molar-refractivity contribution is 0.0827. The minimum absolute atomic E-state index is 0.220. The summed E-state index contributed by atoms with van der Waals surface area (Å²) < 4.78 is 0. The first-order valence-electron chi connectivity index (χ1n) is 8.67. The Morgan fingerprint density at radius 2 is 2.00 bits per heavy atom. The fourth-order valence-corrected chi connectivity index (χ4v) is 3.59. The van der Waals surface area contributed by atoms with Gasteiger partial charge in [-0.05, 0) is 43.4 Å². The van der Waals surface area contributed by atoms with Gasteiger partial charge in [-0.1, -0.05) is 11.6 Å². The Kier molecular flexibility index (Phi) is 5.92.